The van der Waals surface area contributed by atoms with E-state index in [0.29, 0.717) is 60.4 Å². The highest BCUT2D eigenvalue weighted by molar-refractivity contribution is 7.16. The van der Waals surface area contributed by atoms with Gasteiger partial charge in [-0.25, -0.2) is 4.79 Å². The van der Waals surface area contributed by atoms with Gasteiger partial charge in [0, 0.05) is 18.7 Å². The third-order valence-corrected chi connectivity index (χ3v) is 5.79. The van der Waals surface area contributed by atoms with Crippen LogP contribution in [0.1, 0.15) is 27.6 Å². The number of rotatable bonds is 6. The number of carbonyl (C=O) groups excluding carboxylic acids is 2. The largest absolute Gasteiger partial charge is 0.486 e. The Morgan fingerprint density at radius 2 is 1.87 bits per heavy atom. The number of thiazole rings is 1. The minimum atomic E-state index is -0.415. The maximum atomic E-state index is 12.9. The highest BCUT2D eigenvalue weighted by Gasteiger charge is 2.16. The molecule has 31 heavy (non-hydrogen) atoms. The summed E-state index contributed by atoms with van der Waals surface area (Å²) in [7, 11) is 1.34. The standard InChI is InChI=1S/C22H22N2O6S/c1-3-28-9-8-24-16-6-4-15(21(26)27-2)13-19(16)31-22(24)23-20(25)14-5-7-17-18(12-14)30-11-10-29-17/h4-7,12-13H,3,8-11H2,1-2H3. The van der Waals surface area contributed by atoms with E-state index >= 15 is 0 Å². The van der Waals surface area contributed by atoms with Gasteiger partial charge in [0.2, 0.25) is 0 Å². The number of benzene rings is 2. The summed E-state index contributed by atoms with van der Waals surface area (Å²) < 4.78 is 24.1. The zero-order valence-corrected chi connectivity index (χ0v) is 18.1. The summed E-state index contributed by atoms with van der Waals surface area (Å²) in [5.74, 6) is 0.353. The van der Waals surface area contributed by atoms with Crippen LogP contribution in [0.25, 0.3) is 10.2 Å². The molecule has 1 aliphatic heterocycles. The molecule has 0 N–H and O–H groups in total. The normalized spacial score (nSPS) is 13.4. The summed E-state index contributed by atoms with van der Waals surface area (Å²) in [4.78, 5) is 29.7. The van der Waals surface area contributed by atoms with Gasteiger partial charge in [-0.15, -0.1) is 0 Å². The van der Waals surface area contributed by atoms with Crippen molar-refractivity contribution in [1.82, 2.24) is 4.57 Å². The summed E-state index contributed by atoms with van der Waals surface area (Å²) in [6.07, 6.45) is 0. The average molecular weight is 442 g/mol. The van der Waals surface area contributed by atoms with Crippen LogP contribution >= 0.6 is 11.3 Å². The van der Waals surface area contributed by atoms with Crippen LogP contribution < -0.4 is 14.3 Å². The van der Waals surface area contributed by atoms with Crippen LogP contribution in [0.4, 0.5) is 0 Å². The van der Waals surface area contributed by atoms with Crippen molar-refractivity contribution in [3.63, 3.8) is 0 Å². The summed E-state index contributed by atoms with van der Waals surface area (Å²) in [6, 6.07) is 10.3. The van der Waals surface area contributed by atoms with Crippen molar-refractivity contribution in [2.75, 3.05) is 33.5 Å². The van der Waals surface area contributed by atoms with E-state index < -0.39 is 5.97 Å². The molecule has 0 bridgehead atoms. The molecule has 1 amide bonds. The Morgan fingerprint density at radius 1 is 1.10 bits per heavy atom. The number of hydrogen-bond donors (Lipinski definition) is 0. The van der Waals surface area contributed by atoms with Crippen molar-refractivity contribution in [3.8, 4) is 11.5 Å². The van der Waals surface area contributed by atoms with Gasteiger partial charge in [0.1, 0.15) is 13.2 Å². The molecule has 162 valence electrons. The molecule has 0 saturated heterocycles. The van der Waals surface area contributed by atoms with Gasteiger partial charge in [0.15, 0.2) is 16.3 Å². The van der Waals surface area contributed by atoms with E-state index in [9.17, 15) is 9.59 Å². The van der Waals surface area contributed by atoms with Crippen molar-refractivity contribution in [2.45, 2.75) is 13.5 Å². The van der Waals surface area contributed by atoms with Crippen LogP contribution in [-0.4, -0.2) is 50.0 Å². The van der Waals surface area contributed by atoms with E-state index in [-0.39, 0.29) is 5.91 Å². The molecule has 3 aromatic rings. The minimum absolute atomic E-state index is 0.387. The smallest absolute Gasteiger partial charge is 0.337 e. The average Bonchev–Trinajstić information content (AvgIpc) is 3.14. The number of hydrogen-bond acceptors (Lipinski definition) is 7. The molecule has 1 aliphatic rings. The number of esters is 1. The molecule has 9 heteroatoms. The molecular formula is C22H22N2O6S. The molecule has 0 fully saturated rings. The van der Waals surface area contributed by atoms with Crippen LogP contribution in [0, 0.1) is 0 Å². The third kappa shape index (κ3) is 4.47. The predicted octanol–water partition coefficient (Wildman–Crippen LogP) is 3.04. The fraction of sp³-hybridized carbons (Fsp3) is 0.318. The van der Waals surface area contributed by atoms with Gasteiger partial charge in [-0.05, 0) is 43.3 Å². The number of methoxy groups -OCH3 is 1. The Hall–Kier alpha value is -3.17. The van der Waals surface area contributed by atoms with Gasteiger partial charge in [-0.2, -0.15) is 4.99 Å². The predicted molar refractivity (Wildman–Crippen MR) is 115 cm³/mol. The molecular weight excluding hydrogens is 420 g/mol. The molecule has 0 saturated carbocycles. The lowest BCUT2D eigenvalue weighted by Gasteiger charge is -2.18. The number of ether oxygens (including phenoxy) is 4. The topological polar surface area (TPSA) is 88.4 Å². The number of fused-ring (bicyclic) bond motifs is 2. The van der Waals surface area contributed by atoms with Gasteiger partial charge in [0.25, 0.3) is 5.91 Å². The first-order valence-corrected chi connectivity index (χ1v) is 10.7. The monoisotopic (exact) mass is 442 g/mol. The quantitative estimate of drug-likeness (QED) is 0.431. The first kappa shape index (κ1) is 21.1. The number of amides is 1. The SMILES string of the molecule is CCOCCn1c(=NC(=O)c2ccc3c(c2)OCCO3)sc2cc(C(=O)OC)ccc21. The lowest BCUT2D eigenvalue weighted by atomic mass is 10.2. The van der Waals surface area contributed by atoms with Crippen molar-refractivity contribution in [2.24, 2.45) is 4.99 Å². The number of nitrogens with zero attached hydrogens (tertiary/aromatic N) is 2. The minimum Gasteiger partial charge on any atom is -0.486 e. The second kappa shape index (κ2) is 9.32. The van der Waals surface area contributed by atoms with E-state index in [4.69, 9.17) is 18.9 Å². The van der Waals surface area contributed by atoms with Gasteiger partial charge >= 0.3 is 5.97 Å². The van der Waals surface area contributed by atoms with Gasteiger partial charge < -0.3 is 23.5 Å². The Bertz CT molecular complexity index is 1200. The fourth-order valence-corrected chi connectivity index (χ4v) is 4.34. The van der Waals surface area contributed by atoms with Crippen LogP contribution in [0.5, 0.6) is 11.5 Å². The summed E-state index contributed by atoms with van der Waals surface area (Å²) in [5, 5.41) is 0. The van der Waals surface area contributed by atoms with E-state index in [2.05, 4.69) is 4.99 Å². The van der Waals surface area contributed by atoms with Gasteiger partial charge in [0.05, 0.1) is 29.5 Å². The molecule has 0 radical (unpaired) electrons. The second-order valence-corrected chi connectivity index (χ2v) is 7.69. The second-order valence-electron chi connectivity index (χ2n) is 6.68. The molecule has 2 heterocycles. The zero-order chi connectivity index (χ0) is 21.8. The number of carbonyl (C=O) groups is 2. The maximum Gasteiger partial charge on any atom is 0.337 e. The van der Waals surface area contributed by atoms with Crippen LogP contribution in [0.2, 0.25) is 0 Å². The lowest BCUT2D eigenvalue weighted by molar-refractivity contribution is 0.0600. The van der Waals surface area contributed by atoms with Gasteiger partial charge in [-0.1, -0.05) is 11.3 Å². The Balaban J connectivity index is 1.74. The van der Waals surface area contributed by atoms with E-state index in [0.717, 1.165) is 10.2 Å². The molecule has 0 atom stereocenters. The van der Waals surface area contributed by atoms with Crippen LogP contribution in [0.3, 0.4) is 0 Å². The molecule has 2 aromatic carbocycles. The fourth-order valence-electron chi connectivity index (χ4n) is 3.25. The van der Waals surface area contributed by atoms with E-state index in [1.54, 1.807) is 30.3 Å². The Morgan fingerprint density at radius 3 is 2.65 bits per heavy atom. The Labute approximate surface area is 182 Å². The first-order chi connectivity index (χ1) is 15.1. The highest BCUT2D eigenvalue weighted by Crippen LogP contribution is 2.31. The van der Waals surface area contributed by atoms with E-state index in [1.807, 2.05) is 17.6 Å². The zero-order valence-electron chi connectivity index (χ0n) is 17.3. The van der Waals surface area contributed by atoms with Crippen LogP contribution in [-0.2, 0) is 16.0 Å². The summed E-state index contributed by atoms with van der Waals surface area (Å²) in [5.41, 5.74) is 1.72. The van der Waals surface area contributed by atoms with Crippen molar-refractivity contribution >= 4 is 33.4 Å². The van der Waals surface area contributed by atoms with Crippen LogP contribution in [0.15, 0.2) is 41.4 Å². The molecule has 0 aliphatic carbocycles. The molecule has 0 spiro atoms. The van der Waals surface area contributed by atoms with Crippen molar-refractivity contribution in [3.05, 3.63) is 52.3 Å². The highest BCUT2D eigenvalue weighted by atomic mass is 32.1. The van der Waals surface area contributed by atoms with Crippen molar-refractivity contribution in [1.29, 1.82) is 0 Å². The van der Waals surface area contributed by atoms with Crippen molar-refractivity contribution < 1.29 is 28.5 Å². The number of aromatic nitrogens is 1. The van der Waals surface area contributed by atoms with Gasteiger partial charge in [-0.3, -0.25) is 4.79 Å². The summed E-state index contributed by atoms with van der Waals surface area (Å²) >= 11 is 1.33. The lowest BCUT2D eigenvalue weighted by Crippen LogP contribution is -2.20. The molecule has 0 unspecified atom stereocenters. The first-order valence-electron chi connectivity index (χ1n) is 9.89. The molecule has 8 nitrogen and oxygen atoms in total. The molecule has 1 aromatic heterocycles. The summed E-state index contributed by atoms with van der Waals surface area (Å²) in [6.45, 7) is 4.45. The Kier molecular flexibility index (Phi) is 6.34. The maximum absolute atomic E-state index is 12.9. The molecule has 4 rings (SSSR count). The van der Waals surface area contributed by atoms with E-state index in [1.165, 1.54) is 18.4 Å². The third-order valence-electron chi connectivity index (χ3n) is 4.75.